The summed E-state index contributed by atoms with van der Waals surface area (Å²) in [6.45, 7) is 3.69. The molecule has 0 saturated carbocycles. The van der Waals surface area contributed by atoms with E-state index in [9.17, 15) is 28.9 Å². The standard InChI is InChI=1S/C19H15FN4O5/c1-10-3-5-13(7-11(10)2)23-18(26)14(9-21-19(23)27)17(25)22-12-4-6-15(20)16(8-12)24(28)29/h3-9H,1-2H3,(H,21,27)(H,22,25). The molecule has 29 heavy (non-hydrogen) atoms. The first-order chi connectivity index (χ1) is 13.7. The van der Waals surface area contributed by atoms with Crippen molar-refractivity contribution in [3.8, 4) is 5.69 Å². The largest absolute Gasteiger partial charge is 0.333 e. The van der Waals surface area contributed by atoms with Crippen LogP contribution in [0.2, 0.25) is 0 Å². The predicted octanol–water partition coefficient (Wildman–Crippen LogP) is 2.44. The van der Waals surface area contributed by atoms with Crippen LogP contribution < -0.4 is 16.6 Å². The van der Waals surface area contributed by atoms with Crippen molar-refractivity contribution in [3.05, 3.63) is 96.1 Å². The highest BCUT2D eigenvalue weighted by atomic mass is 19.1. The van der Waals surface area contributed by atoms with Gasteiger partial charge in [0.1, 0.15) is 5.56 Å². The van der Waals surface area contributed by atoms with E-state index < -0.39 is 39.1 Å². The quantitative estimate of drug-likeness (QED) is 0.515. The molecule has 0 radical (unpaired) electrons. The lowest BCUT2D eigenvalue weighted by Crippen LogP contribution is -2.38. The van der Waals surface area contributed by atoms with E-state index in [1.54, 1.807) is 18.2 Å². The summed E-state index contributed by atoms with van der Waals surface area (Å²) in [7, 11) is 0. The van der Waals surface area contributed by atoms with Crippen LogP contribution in [0.25, 0.3) is 5.69 Å². The summed E-state index contributed by atoms with van der Waals surface area (Å²) in [6.07, 6.45) is 0.954. The summed E-state index contributed by atoms with van der Waals surface area (Å²) in [4.78, 5) is 49.7. The number of carbonyl (C=O) groups excluding carboxylic acids is 1. The number of benzene rings is 2. The fourth-order valence-corrected chi connectivity index (χ4v) is 2.66. The van der Waals surface area contributed by atoms with Gasteiger partial charge in [0, 0.05) is 18.0 Å². The van der Waals surface area contributed by atoms with Crippen LogP contribution in [-0.2, 0) is 0 Å². The molecule has 1 amide bonds. The lowest BCUT2D eigenvalue weighted by atomic mass is 10.1. The van der Waals surface area contributed by atoms with Crippen LogP contribution in [0.4, 0.5) is 15.8 Å². The molecule has 2 aromatic carbocycles. The van der Waals surface area contributed by atoms with Crippen molar-refractivity contribution in [3.63, 3.8) is 0 Å². The zero-order valence-electron chi connectivity index (χ0n) is 15.4. The highest BCUT2D eigenvalue weighted by Gasteiger charge is 2.19. The van der Waals surface area contributed by atoms with Crippen LogP contribution in [0.1, 0.15) is 21.5 Å². The molecule has 3 aromatic rings. The maximum Gasteiger partial charge on any atom is 0.333 e. The van der Waals surface area contributed by atoms with Crippen LogP contribution in [-0.4, -0.2) is 20.4 Å². The molecule has 0 bridgehead atoms. The van der Waals surface area contributed by atoms with E-state index in [0.29, 0.717) is 0 Å². The van der Waals surface area contributed by atoms with Crippen molar-refractivity contribution in [2.75, 3.05) is 5.32 Å². The Hall–Kier alpha value is -4.08. The average molecular weight is 398 g/mol. The molecule has 0 aliphatic rings. The van der Waals surface area contributed by atoms with Gasteiger partial charge in [0.2, 0.25) is 5.82 Å². The molecule has 1 aromatic heterocycles. The minimum absolute atomic E-state index is 0.0774. The zero-order valence-corrected chi connectivity index (χ0v) is 15.4. The number of nitrogens with one attached hydrogen (secondary N) is 2. The van der Waals surface area contributed by atoms with Crippen molar-refractivity contribution in [2.45, 2.75) is 13.8 Å². The molecule has 1 heterocycles. The molecule has 2 N–H and O–H groups in total. The summed E-state index contributed by atoms with van der Waals surface area (Å²) >= 11 is 0. The SMILES string of the molecule is Cc1ccc(-n2c(=O)[nH]cc(C(=O)Nc3ccc(F)c([N+](=O)[O-])c3)c2=O)cc1C. The van der Waals surface area contributed by atoms with Gasteiger partial charge in [-0.1, -0.05) is 6.07 Å². The summed E-state index contributed by atoms with van der Waals surface area (Å²) < 4.78 is 14.3. The summed E-state index contributed by atoms with van der Waals surface area (Å²) in [5.74, 6) is -1.97. The number of carbonyl (C=O) groups is 1. The number of nitrogens with zero attached hydrogens (tertiary/aromatic N) is 2. The third-order valence-electron chi connectivity index (χ3n) is 4.37. The van der Waals surface area contributed by atoms with Gasteiger partial charge in [-0.05, 0) is 49.2 Å². The molecular formula is C19H15FN4O5. The van der Waals surface area contributed by atoms with E-state index >= 15 is 0 Å². The molecular weight excluding hydrogens is 383 g/mol. The fraction of sp³-hybridized carbons (Fsp3) is 0.105. The first-order valence-corrected chi connectivity index (χ1v) is 8.36. The average Bonchev–Trinajstić information content (AvgIpc) is 2.66. The lowest BCUT2D eigenvalue weighted by Gasteiger charge is -2.10. The van der Waals surface area contributed by atoms with Gasteiger partial charge in [-0.2, -0.15) is 4.39 Å². The van der Waals surface area contributed by atoms with E-state index in [-0.39, 0.29) is 11.4 Å². The highest BCUT2D eigenvalue weighted by Crippen LogP contribution is 2.21. The maximum absolute atomic E-state index is 13.4. The van der Waals surface area contributed by atoms with Crippen LogP contribution in [0.15, 0.2) is 52.2 Å². The van der Waals surface area contributed by atoms with Crippen LogP contribution in [0.5, 0.6) is 0 Å². The minimum Gasteiger partial charge on any atom is -0.322 e. The Morgan fingerprint density at radius 1 is 1.14 bits per heavy atom. The number of halogens is 1. The normalized spacial score (nSPS) is 10.6. The summed E-state index contributed by atoms with van der Waals surface area (Å²) in [5.41, 5.74) is -0.796. The maximum atomic E-state index is 13.4. The van der Waals surface area contributed by atoms with Crippen molar-refractivity contribution < 1.29 is 14.1 Å². The monoisotopic (exact) mass is 398 g/mol. The van der Waals surface area contributed by atoms with E-state index in [4.69, 9.17) is 0 Å². The van der Waals surface area contributed by atoms with Gasteiger partial charge in [-0.25, -0.2) is 9.36 Å². The number of anilines is 1. The fourth-order valence-electron chi connectivity index (χ4n) is 2.66. The zero-order chi connectivity index (χ0) is 21.3. The molecule has 0 saturated heterocycles. The van der Waals surface area contributed by atoms with Gasteiger partial charge in [-0.3, -0.25) is 19.7 Å². The Morgan fingerprint density at radius 2 is 1.86 bits per heavy atom. The van der Waals surface area contributed by atoms with Crippen LogP contribution >= 0.6 is 0 Å². The number of hydrogen-bond acceptors (Lipinski definition) is 5. The number of aromatic amines is 1. The first-order valence-electron chi connectivity index (χ1n) is 8.36. The molecule has 0 aliphatic carbocycles. The topological polar surface area (TPSA) is 127 Å². The number of aryl methyl sites for hydroxylation is 2. The molecule has 0 atom stereocenters. The number of hydrogen-bond donors (Lipinski definition) is 2. The Labute approximate surface area is 162 Å². The van der Waals surface area contributed by atoms with Crippen molar-refractivity contribution in [2.24, 2.45) is 0 Å². The molecule has 0 spiro atoms. The second kappa shape index (κ2) is 7.50. The lowest BCUT2D eigenvalue weighted by molar-refractivity contribution is -0.387. The minimum atomic E-state index is -1.06. The molecule has 10 heteroatoms. The van der Waals surface area contributed by atoms with E-state index in [0.717, 1.165) is 40.1 Å². The number of aromatic nitrogens is 2. The third-order valence-corrected chi connectivity index (χ3v) is 4.37. The number of H-pyrrole nitrogens is 1. The number of nitro benzene ring substituents is 1. The van der Waals surface area contributed by atoms with Gasteiger partial charge in [0.15, 0.2) is 0 Å². The Balaban J connectivity index is 2.02. The van der Waals surface area contributed by atoms with Gasteiger partial charge >= 0.3 is 11.4 Å². The van der Waals surface area contributed by atoms with Gasteiger partial charge in [0.25, 0.3) is 11.5 Å². The second-order valence-corrected chi connectivity index (χ2v) is 6.29. The number of amides is 1. The molecule has 0 unspecified atom stereocenters. The number of rotatable bonds is 4. The van der Waals surface area contributed by atoms with Gasteiger partial charge < -0.3 is 10.3 Å². The Bertz CT molecular complexity index is 1260. The third kappa shape index (κ3) is 3.81. The Morgan fingerprint density at radius 3 is 2.52 bits per heavy atom. The molecule has 148 valence electrons. The van der Waals surface area contributed by atoms with Crippen LogP contribution in [0.3, 0.4) is 0 Å². The predicted molar refractivity (Wildman–Crippen MR) is 103 cm³/mol. The van der Waals surface area contributed by atoms with E-state index in [2.05, 4.69) is 10.3 Å². The summed E-state index contributed by atoms with van der Waals surface area (Å²) in [5, 5.41) is 13.1. The molecule has 3 rings (SSSR count). The Kier molecular flexibility index (Phi) is 5.09. The molecule has 0 fully saturated rings. The van der Waals surface area contributed by atoms with Crippen molar-refractivity contribution in [1.29, 1.82) is 0 Å². The van der Waals surface area contributed by atoms with Crippen molar-refractivity contribution in [1.82, 2.24) is 9.55 Å². The first kappa shape index (κ1) is 19.7. The van der Waals surface area contributed by atoms with Crippen molar-refractivity contribution >= 4 is 17.3 Å². The van der Waals surface area contributed by atoms with E-state index in [1.165, 1.54) is 0 Å². The van der Waals surface area contributed by atoms with E-state index in [1.807, 2.05) is 13.8 Å². The smallest absolute Gasteiger partial charge is 0.322 e. The molecule has 9 nitrogen and oxygen atoms in total. The van der Waals surface area contributed by atoms with Gasteiger partial charge in [0.05, 0.1) is 10.6 Å². The summed E-state index contributed by atoms with van der Waals surface area (Å²) in [6, 6.07) is 7.73. The second-order valence-electron chi connectivity index (χ2n) is 6.29. The highest BCUT2D eigenvalue weighted by molar-refractivity contribution is 6.04. The van der Waals surface area contributed by atoms with Gasteiger partial charge in [-0.15, -0.1) is 0 Å². The van der Waals surface area contributed by atoms with Crippen LogP contribution in [0, 0.1) is 29.8 Å². The number of nitro groups is 1. The molecule has 0 aliphatic heterocycles.